The predicted molar refractivity (Wildman–Crippen MR) is 64.7 cm³/mol. The van der Waals surface area contributed by atoms with Crippen LogP contribution >= 0.6 is 0 Å². The zero-order valence-corrected chi connectivity index (χ0v) is 10.2. The van der Waals surface area contributed by atoms with E-state index in [-0.39, 0.29) is 11.9 Å². The Hall–Kier alpha value is -0.570. The molecule has 3 nitrogen and oxygen atoms in total. The van der Waals surface area contributed by atoms with Gasteiger partial charge in [-0.3, -0.25) is 4.79 Å². The van der Waals surface area contributed by atoms with Crippen molar-refractivity contribution in [2.45, 2.75) is 64.8 Å². The molecule has 0 radical (unpaired) electrons. The van der Waals surface area contributed by atoms with Crippen molar-refractivity contribution >= 4 is 5.91 Å². The summed E-state index contributed by atoms with van der Waals surface area (Å²) in [5.41, 5.74) is 5.32. The van der Waals surface area contributed by atoms with E-state index in [0.29, 0.717) is 0 Å². The van der Waals surface area contributed by atoms with Gasteiger partial charge in [-0.15, -0.1) is 0 Å². The standard InChI is InChI=1S/C12H26N2O/c1-3-5-6-7-8-9-11(12(13)15)14-10-4-2/h11,14H,3-10H2,1-2H3,(H2,13,15). The molecule has 0 saturated heterocycles. The molecular weight excluding hydrogens is 188 g/mol. The Kier molecular flexibility index (Phi) is 9.59. The van der Waals surface area contributed by atoms with Crippen LogP contribution in [0.25, 0.3) is 0 Å². The number of nitrogens with one attached hydrogen (secondary N) is 1. The van der Waals surface area contributed by atoms with Crippen molar-refractivity contribution in [3.63, 3.8) is 0 Å². The van der Waals surface area contributed by atoms with Crippen molar-refractivity contribution in [3.8, 4) is 0 Å². The van der Waals surface area contributed by atoms with Gasteiger partial charge in [0.05, 0.1) is 6.04 Å². The van der Waals surface area contributed by atoms with Crippen molar-refractivity contribution in [1.82, 2.24) is 5.32 Å². The van der Waals surface area contributed by atoms with Crippen LogP contribution in [-0.4, -0.2) is 18.5 Å². The Bertz CT molecular complexity index is 160. The summed E-state index contributed by atoms with van der Waals surface area (Å²) in [5, 5.41) is 3.19. The van der Waals surface area contributed by atoms with E-state index in [2.05, 4.69) is 19.2 Å². The van der Waals surface area contributed by atoms with Crippen LogP contribution in [0.2, 0.25) is 0 Å². The van der Waals surface area contributed by atoms with E-state index in [1.807, 2.05) is 0 Å². The number of nitrogens with two attached hydrogens (primary N) is 1. The van der Waals surface area contributed by atoms with Crippen LogP contribution in [0.15, 0.2) is 0 Å². The quantitative estimate of drug-likeness (QED) is 0.548. The van der Waals surface area contributed by atoms with E-state index in [4.69, 9.17) is 5.73 Å². The molecule has 1 amide bonds. The van der Waals surface area contributed by atoms with Gasteiger partial charge < -0.3 is 11.1 Å². The Morgan fingerprint density at radius 1 is 1.13 bits per heavy atom. The van der Waals surface area contributed by atoms with Gasteiger partial charge in [-0.05, 0) is 19.4 Å². The first-order valence-electron chi connectivity index (χ1n) is 6.25. The molecule has 0 aliphatic rings. The lowest BCUT2D eigenvalue weighted by Crippen LogP contribution is -2.41. The number of carbonyl (C=O) groups is 1. The molecule has 0 aliphatic heterocycles. The summed E-state index contributed by atoms with van der Waals surface area (Å²) >= 11 is 0. The third-order valence-corrected chi connectivity index (χ3v) is 2.58. The minimum atomic E-state index is -0.209. The maximum absolute atomic E-state index is 11.1. The van der Waals surface area contributed by atoms with E-state index >= 15 is 0 Å². The predicted octanol–water partition coefficient (Wildman–Crippen LogP) is 2.20. The summed E-state index contributed by atoms with van der Waals surface area (Å²) in [7, 11) is 0. The zero-order chi connectivity index (χ0) is 11.5. The number of hydrogen-bond donors (Lipinski definition) is 2. The highest BCUT2D eigenvalue weighted by atomic mass is 16.1. The van der Waals surface area contributed by atoms with E-state index in [0.717, 1.165) is 25.8 Å². The van der Waals surface area contributed by atoms with E-state index in [1.54, 1.807) is 0 Å². The third kappa shape index (κ3) is 8.43. The molecule has 15 heavy (non-hydrogen) atoms. The van der Waals surface area contributed by atoms with E-state index in [1.165, 1.54) is 25.7 Å². The van der Waals surface area contributed by atoms with Gasteiger partial charge in [0.25, 0.3) is 0 Å². The Morgan fingerprint density at radius 2 is 1.80 bits per heavy atom. The fraction of sp³-hybridized carbons (Fsp3) is 0.917. The summed E-state index contributed by atoms with van der Waals surface area (Å²) in [6.45, 7) is 5.17. The van der Waals surface area contributed by atoms with Gasteiger partial charge in [-0.1, -0.05) is 46.0 Å². The average Bonchev–Trinajstić information content (AvgIpc) is 2.21. The van der Waals surface area contributed by atoms with E-state index in [9.17, 15) is 4.79 Å². The van der Waals surface area contributed by atoms with Crippen molar-refractivity contribution in [1.29, 1.82) is 0 Å². The number of unbranched alkanes of at least 4 members (excludes halogenated alkanes) is 4. The molecule has 1 unspecified atom stereocenters. The average molecular weight is 214 g/mol. The lowest BCUT2D eigenvalue weighted by molar-refractivity contribution is -0.120. The topological polar surface area (TPSA) is 55.1 Å². The second-order valence-corrected chi connectivity index (χ2v) is 4.11. The highest BCUT2D eigenvalue weighted by molar-refractivity contribution is 5.79. The molecule has 0 saturated carbocycles. The molecule has 0 aromatic rings. The Balaban J connectivity index is 3.53. The van der Waals surface area contributed by atoms with Crippen LogP contribution in [-0.2, 0) is 4.79 Å². The first kappa shape index (κ1) is 14.4. The van der Waals surface area contributed by atoms with Crippen molar-refractivity contribution in [3.05, 3.63) is 0 Å². The molecular formula is C12H26N2O. The molecule has 0 aliphatic carbocycles. The monoisotopic (exact) mass is 214 g/mol. The van der Waals surface area contributed by atoms with Crippen molar-refractivity contribution in [2.75, 3.05) is 6.54 Å². The van der Waals surface area contributed by atoms with Gasteiger partial charge in [-0.2, -0.15) is 0 Å². The number of rotatable bonds is 10. The van der Waals surface area contributed by atoms with Crippen molar-refractivity contribution < 1.29 is 4.79 Å². The lowest BCUT2D eigenvalue weighted by Gasteiger charge is -2.14. The van der Waals surface area contributed by atoms with Gasteiger partial charge >= 0.3 is 0 Å². The first-order chi connectivity index (χ1) is 7.22. The van der Waals surface area contributed by atoms with Crippen LogP contribution in [0.5, 0.6) is 0 Å². The normalized spacial score (nSPS) is 12.7. The molecule has 0 aromatic carbocycles. The van der Waals surface area contributed by atoms with Gasteiger partial charge in [0.1, 0.15) is 0 Å². The second-order valence-electron chi connectivity index (χ2n) is 4.11. The summed E-state index contributed by atoms with van der Waals surface area (Å²) in [4.78, 5) is 11.1. The Labute approximate surface area is 93.8 Å². The smallest absolute Gasteiger partial charge is 0.234 e. The lowest BCUT2D eigenvalue weighted by atomic mass is 10.1. The third-order valence-electron chi connectivity index (χ3n) is 2.58. The highest BCUT2D eigenvalue weighted by Crippen LogP contribution is 2.07. The molecule has 3 N–H and O–H groups in total. The molecule has 0 spiro atoms. The number of carbonyl (C=O) groups excluding carboxylic acids is 1. The minimum absolute atomic E-state index is 0.119. The fourth-order valence-corrected chi connectivity index (χ4v) is 1.62. The number of hydrogen-bond acceptors (Lipinski definition) is 2. The molecule has 0 bridgehead atoms. The van der Waals surface area contributed by atoms with E-state index < -0.39 is 0 Å². The number of amides is 1. The van der Waals surface area contributed by atoms with Crippen molar-refractivity contribution in [2.24, 2.45) is 5.73 Å². The minimum Gasteiger partial charge on any atom is -0.368 e. The molecule has 0 fully saturated rings. The summed E-state index contributed by atoms with van der Waals surface area (Å²) in [6, 6.07) is -0.119. The molecule has 0 heterocycles. The number of primary amides is 1. The van der Waals surface area contributed by atoms with Gasteiger partial charge in [0, 0.05) is 0 Å². The maximum Gasteiger partial charge on any atom is 0.234 e. The second kappa shape index (κ2) is 9.97. The molecule has 1 atom stereocenters. The summed E-state index contributed by atoms with van der Waals surface area (Å²) < 4.78 is 0. The van der Waals surface area contributed by atoms with Gasteiger partial charge in [0.15, 0.2) is 0 Å². The maximum atomic E-state index is 11.1. The van der Waals surface area contributed by atoms with Gasteiger partial charge in [0.2, 0.25) is 5.91 Å². The molecule has 3 heteroatoms. The SMILES string of the molecule is CCCCCCCC(NCCC)C(N)=O. The zero-order valence-electron chi connectivity index (χ0n) is 10.2. The van der Waals surface area contributed by atoms with Crippen LogP contribution in [0.1, 0.15) is 58.8 Å². The molecule has 90 valence electrons. The summed E-state index contributed by atoms with van der Waals surface area (Å²) in [6.07, 6.45) is 8.07. The first-order valence-corrected chi connectivity index (χ1v) is 6.25. The Morgan fingerprint density at radius 3 is 2.33 bits per heavy atom. The highest BCUT2D eigenvalue weighted by Gasteiger charge is 2.12. The molecule has 0 aromatic heterocycles. The van der Waals surface area contributed by atoms with Crippen LogP contribution in [0.4, 0.5) is 0 Å². The van der Waals surface area contributed by atoms with Gasteiger partial charge in [-0.25, -0.2) is 0 Å². The van der Waals surface area contributed by atoms with Crippen LogP contribution in [0, 0.1) is 0 Å². The van der Waals surface area contributed by atoms with Crippen LogP contribution in [0.3, 0.4) is 0 Å². The fourth-order valence-electron chi connectivity index (χ4n) is 1.62. The largest absolute Gasteiger partial charge is 0.368 e. The van der Waals surface area contributed by atoms with Crippen LogP contribution < -0.4 is 11.1 Å². The molecule has 0 rings (SSSR count). The summed E-state index contributed by atoms with van der Waals surface area (Å²) in [5.74, 6) is -0.209.